The molecule has 0 saturated carbocycles. The fraction of sp³-hybridized carbons (Fsp3) is 0.417. The number of rotatable bonds is 6. The minimum Gasteiger partial charge on any atom is -0.478 e. The van der Waals surface area contributed by atoms with Gasteiger partial charge < -0.3 is 9.84 Å². The maximum atomic E-state index is 13.7. The minimum atomic E-state index is -4.07. The number of methoxy groups -OCH3 is 1. The van der Waals surface area contributed by atoms with Crippen LogP contribution in [0.4, 0.5) is 4.39 Å². The average Bonchev–Trinajstić information content (AvgIpc) is 2.36. The Morgan fingerprint density at radius 2 is 2.05 bits per heavy atom. The van der Waals surface area contributed by atoms with Gasteiger partial charge in [-0.3, -0.25) is 0 Å². The molecule has 0 bridgehead atoms. The smallest absolute Gasteiger partial charge is 0.335 e. The number of benzene rings is 1. The van der Waals surface area contributed by atoms with Crippen molar-refractivity contribution in [2.24, 2.45) is 0 Å². The third kappa shape index (κ3) is 3.99. The largest absolute Gasteiger partial charge is 0.478 e. The number of nitrogens with one attached hydrogen (secondary N) is 1. The highest BCUT2D eigenvalue weighted by Gasteiger charge is 2.24. The maximum Gasteiger partial charge on any atom is 0.335 e. The molecule has 0 fully saturated rings. The zero-order chi connectivity index (χ0) is 15.6. The van der Waals surface area contributed by atoms with Crippen molar-refractivity contribution >= 4 is 16.0 Å². The number of carboxylic acids is 1. The SMILES string of the molecule is COC(C)(C)CNS(=O)(=O)c1ccc(C(=O)O)cc1F. The van der Waals surface area contributed by atoms with Gasteiger partial charge in [0.1, 0.15) is 10.7 Å². The molecule has 1 aromatic rings. The van der Waals surface area contributed by atoms with Gasteiger partial charge in [-0.15, -0.1) is 0 Å². The van der Waals surface area contributed by atoms with Crippen molar-refractivity contribution in [1.82, 2.24) is 4.72 Å². The van der Waals surface area contributed by atoms with Gasteiger partial charge in [-0.05, 0) is 32.0 Å². The van der Waals surface area contributed by atoms with E-state index in [2.05, 4.69) is 4.72 Å². The number of halogens is 1. The summed E-state index contributed by atoms with van der Waals surface area (Å²) in [5, 5.41) is 8.70. The van der Waals surface area contributed by atoms with Crippen LogP contribution in [-0.4, -0.2) is 38.7 Å². The molecule has 0 saturated heterocycles. The summed E-state index contributed by atoms with van der Waals surface area (Å²) in [6.07, 6.45) is 0. The molecule has 0 heterocycles. The van der Waals surface area contributed by atoms with Crippen LogP contribution in [0.3, 0.4) is 0 Å². The molecule has 0 aromatic heterocycles. The molecule has 0 spiro atoms. The van der Waals surface area contributed by atoms with E-state index < -0.39 is 32.3 Å². The Bertz CT molecular complexity index is 612. The molecule has 20 heavy (non-hydrogen) atoms. The van der Waals surface area contributed by atoms with Gasteiger partial charge in [0.15, 0.2) is 0 Å². The van der Waals surface area contributed by atoms with Gasteiger partial charge in [0.05, 0.1) is 11.2 Å². The molecule has 112 valence electrons. The van der Waals surface area contributed by atoms with Crippen molar-refractivity contribution in [3.63, 3.8) is 0 Å². The molecule has 0 radical (unpaired) electrons. The van der Waals surface area contributed by atoms with Crippen molar-refractivity contribution < 1.29 is 27.4 Å². The fourth-order valence-electron chi connectivity index (χ4n) is 1.27. The van der Waals surface area contributed by atoms with Gasteiger partial charge in [0, 0.05) is 13.7 Å². The van der Waals surface area contributed by atoms with E-state index in [1.54, 1.807) is 13.8 Å². The Morgan fingerprint density at radius 3 is 2.50 bits per heavy atom. The van der Waals surface area contributed by atoms with Gasteiger partial charge in [-0.25, -0.2) is 22.3 Å². The number of aromatic carboxylic acids is 1. The Hall–Kier alpha value is -1.51. The highest BCUT2D eigenvalue weighted by atomic mass is 32.2. The monoisotopic (exact) mass is 305 g/mol. The fourth-order valence-corrected chi connectivity index (χ4v) is 2.53. The molecular weight excluding hydrogens is 289 g/mol. The zero-order valence-corrected chi connectivity index (χ0v) is 12.1. The summed E-state index contributed by atoms with van der Waals surface area (Å²) >= 11 is 0. The molecule has 0 amide bonds. The van der Waals surface area contributed by atoms with E-state index in [0.29, 0.717) is 6.07 Å². The van der Waals surface area contributed by atoms with Crippen molar-refractivity contribution in [1.29, 1.82) is 0 Å². The predicted octanol–water partition coefficient (Wildman–Crippen LogP) is 1.23. The Labute approximate surface area is 116 Å². The predicted molar refractivity (Wildman–Crippen MR) is 69.6 cm³/mol. The summed E-state index contributed by atoms with van der Waals surface area (Å²) in [6.45, 7) is 3.28. The summed E-state index contributed by atoms with van der Waals surface area (Å²) in [6, 6.07) is 2.61. The second-order valence-electron chi connectivity index (χ2n) is 4.74. The van der Waals surface area contributed by atoms with Crippen LogP contribution in [0.15, 0.2) is 23.1 Å². The van der Waals surface area contributed by atoms with Gasteiger partial charge >= 0.3 is 5.97 Å². The zero-order valence-electron chi connectivity index (χ0n) is 11.3. The molecule has 0 aliphatic heterocycles. The number of carboxylic acid groups (broad SMARTS) is 1. The molecule has 0 aliphatic carbocycles. The lowest BCUT2D eigenvalue weighted by molar-refractivity contribution is 0.0276. The normalized spacial score (nSPS) is 12.4. The molecule has 1 aromatic carbocycles. The van der Waals surface area contributed by atoms with Crippen LogP contribution in [0.2, 0.25) is 0 Å². The van der Waals surface area contributed by atoms with E-state index in [1.165, 1.54) is 7.11 Å². The lowest BCUT2D eigenvalue weighted by atomic mass is 10.1. The lowest BCUT2D eigenvalue weighted by Crippen LogP contribution is -2.39. The number of hydrogen-bond acceptors (Lipinski definition) is 4. The first kappa shape index (κ1) is 16.5. The van der Waals surface area contributed by atoms with E-state index in [1.807, 2.05) is 0 Å². The number of hydrogen-bond donors (Lipinski definition) is 2. The second kappa shape index (κ2) is 5.86. The molecule has 8 heteroatoms. The van der Waals surface area contributed by atoms with Gasteiger partial charge in [-0.1, -0.05) is 0 Å². The van der Waals surface area contributed by atoms with E-state index in [4.69, 9.17) is 9.84 Å². The van der Waals surface area contributed by atoms with Gasteiger partial charge in [-0.2, -0.15) is 0 Å². The standard InChI is InChI=1S/C12H16FNO5S/c1-12(2,19-3)7-14-20(17,18)10-5-4-8(11(15)16)6-9(10)13/h4-6,14H,7H2,1-3H3,(H,15,16). The van der Waals surface area contributed by atoms with Crippen molar-refractivity contribution in [3.8, 4) is 0 Å². The van der Waals surface area contributed by atoms with E-state index >= 15 is 0 Å². The van der Waals surface area contributed by atoms with Crippen LogP contribution < -0.4 is 4.72 Å². The summed E-state index contributed by atoms with van der Waals surface area (Å²) in [4.78, 5) is 10.1. The lowest BCUT2D eigenvalue weighted by Gasteiger charge is -2.23. The Morgan fingerprint density at radius 1 is 1.45 bits per heavy atom. The van der Waals surface area contributed by atoms with Crippen molar-refractivity contribution in [2.75, 3.05) is 13.7 Å². The Balaban J connectivity index is 3.02. The first-order valence-corrected chi connectivity index (χ1v) is 7.15. The van der Waals surface area contributed by atoms with Crippen molar-refractivity contribution in [3.05, 3.63) is 29.6 Å². The molecule has 2 N–H and O–H groups in total. The number of ether oxygens (including phenoxy) is 1. The van der Waals surface area contributed by atoms with Crippen LogP contribution in [0.5, 0.6) is 0 Å². The van der Waals surface area contributed by atoms with E-state index in [-0.39, 0.29) is 12.1 Å². The molecule has 0 unspecified atom stereocenters. The summed E-state index contributed by atoms with van der Waals surface area (Å²) in [7, 11) is -2.65. The second-order valence-corrected chi connectivity index (χ2v) is 6.47. The average molecular weight is 305 g/mol. The van der Waals surface area contributed by atoms with E-state index in [9.17, 15) is 17.6 Å². The maximum absolute atomic E-state index is 13.7. The van der Waals surface area contributed by atoms with Crippen molar-refractivity contribution in [2.45, 2.75) is 24.3 Å². The quantitative estimate of drug-likeness (QED) is 0.824. The molecule has 0 atom stereocenters. The summed E-state index contributed by atoms with van der Waals surface area (Å²) in [5.74, 6) is -2.45. The summed E-state index contributed by atoms with van der Waals surface area (Å²) < 4.78 is 44.8. The van der Waals surface area contributed by atoms with Crippen LogP contribution in [0.25, 0.3) is 0 Å². The highest BCUT2D eigenvalue weighted by Crippen LogP contribution is 2.17. The molecule has 0 aliphatic rings. The van der Waals surface area contributed by atoms with Crippen LogP contribution in [0.1, 0.15) is 24.2 Å². The Kier molecular flexibility index (Phi) is 4.85. The topological polar surface area (TPSA) is 92.7 Å². The number of sulfonamides is 1. The first-order valence-electron chi connectivity index (χ1n) is 5.67. The molecule has 1 rings (SSSR count). The number of carbonyl (C=O) groups is 1. The third-order valence-electron chi connectivity index (χ3n) is 2.71. The first-order chi connectivity index (χ1) is 9.09. The summed E-state index contributed by atoms with van der Waals surface area (Å²) in [5.41, 5.74) is -1.07. The van der Waals surface area contributed by atoms with Crippen LogP contribution >= 0.6 is 0 Å². The minimum absolute atomic E-state index is 0.0496. The van der Waals surface area contributed by atoms with Crippen LogP contribution in [-0.2, 0) is 14.8 Å². The molecular formula is C12H16FNO5S. The van der Waals surface area contributed by atoms with Crippen LogP contribution in [0, 0.1) is 5.82 Å². The third-order valence-corrected chi connectivity index (χ3v) is 4.14. The van der Waals surface area contributed by atoms with Gasteiger partial charge in [0.2, 0.25) is 10.0 Å². The van der Waals surface area contributed by atoms with E-state index in [0.717, 1.165) is 12.1 Å². The van der Waals surface area contributed by atoms with Gasteiger partial charge in [0.25, 0.3) is 0 Å². The highest BCUT2D eigenvalue weighted by molar-refractivity contribution is 7.89. The molecule has 6 nitrogen and oxygen atoms in total.